The number of hydrogen-bond acceptors (Lipinski definition) is 3. The van der Waals surface area contributed by atoms with Gasteiger partial charge >= 0.3 is 17.1 Å². The van der Waals surface area contributed by atoms with E-state index in [4.69, 9.17) is 4.65 Å². The van der Waals surface area contributed by atoms with Crippen molar-refractivity contribution in [2.45, 2.75) is 44.5 Å². The molecule has 0 saturated carbocycles. The van der Waals surface area contributed by atoms with Gasteiger partial charge in [0.05, 0.1) is 10.5 Å². The molecule has 0 bridgehead atoms. The summed E-state index contributed by atoms with van der Waals surface area (Å²) in [6.07, 6.45) is 0.659. The van der Waals surface area contributed by atoms with Crippen LogP contribution in [-0.2, 0) is 14.9 Å². The van der Waals surface area contributed by atoms with Crippen LogP contribution in [0, 0.1) is 5.41 Å². The molecule has 104 valence electrons. The Morgan fingerprint density at radius 3 is 2.26 bits per heavy atom. The summed E-state index contributed by atoms with van der Waals surface area (Å²) in [4.78, 5) is -0.284. The minimum atomic E-state index is -4.73. The van der Waals surface area contributed by atoms with Gasteiger partial charge in [-0.3, -0.25) is 0 Å². The lowest BCUT2D eigenvalue weighted by Crippen LogP contribution is -2.37. The summed E-state index contributed by atoms with van der Waals surface area (Å²) in [5.41, 5.74) is -0.0842. The molecule has 0 N–H and O–H groups in total. The molecular formula is C13H18BFO3S. The highest BCUT2D eigenvalue weighted by molar-refractivity contribution is 7.86. The second-order valence-electron chi connectivity index (χ2n) is 6.18. The zero-order valence-corrected chi connectivity index (χ0v) is 12.4. The van der Waals surface area contributed by atoms with Crippen LogP contribution in [0.4, 0.5) is 3.89 Å². The van der Waals surface area contributed by atoms with Gasteiger partial charge in [-0.1, -0.05) is 32.0 Å². The molecule has 0 spiro atoms. The molecule has 1 fully saturated rings. The van der Waals surface area contributed by atoms with E-state index >= 15 is 0 Å². The van der Waals surface area contributed by atoms with E-state index in [1.165, 1.54) is 12.1 Å². The summed E-state index contributed by atoms with van der Waals surface area (Å²) < 4.78 is 41.7. The fourth-order valence-corrected chi connectivity index (χ4v) is 3.13. The van der Waals surface area contributed by atoms with Crippen LogP contribution in [-0.4, -0.2) is 20.9 Å². The number of rotatable bonds is 2. The molecule has 1 aliphatic heterocycles. The van der Waals surface area contributed by atoms with Crippen LogP contribution in [0.5, 0.6) is 0 Å². The molecule has 19 heavy (non-hydrogen) atoms. The summed E-state index contributed by atoms with van der Waals surface area (Å²) in [6, 6.07) is 6.12. The zero-order valence-electron chi connectivity index (χ0n) is 11.6. The summed E-state index contributed by atoms with van der Waals surface area (Å²) in [5, 5.41) is 0. The minimum absolute atomic E-state index is 0.106. The summed E-state index contributed by atoms with van der Waals surface area (Å²) in [5.74, 6) is 0. The van der Waals surface area contributed by atoms with Gasteiger partial charge in [0.2, 0.25) is 0 Å². The standard InChI is InChI=1S/C13H18BFO3S/c1-12(2)9-14(18-13(12,3)4)10-7-5-6-8-11(10)19(15,16)17/h5-8H,9H2,1-4H3. The van der Waals surface area contributed by atoms with Gasteiger partial charge in [0, 0.05) is 0 Å². The Bertz CT molecular complexity index is 580. The van der Waals surface area contributed by atoms with Crippen LogP contribution in [0.15, 0.2) is 29.2 Å². The van der Waals surface area contributed by atoms with E-state index in [-0.39, 0.29) is 15.9 Å². The fourth-order valence-electron chi connectivity index (χ4n) is 2.41. The van der Waals surface area contributed by atoms with Gasteiger partial charge in [-0.05, 0) is 37.1 Å². The largest absolute Gasteiger partial charge is 0.425 e. The van der Waals surface area contributed by atoms with Crippen molar-refractivity contribution in [1.29, 1.82) is 0 Å². The Hall–Kier alpha value is -0.875. The smallest absolute Gasteiger partial charge is 0.331 e. The Kier molecular flexibility index (Phi) is 3.30. The molecule has 1 heterocycles. The average molecular weight is 284 g/mol. The average Bonchev–Trinajstić information content (AvgIpc) is 2.47. The van der Waals surface area contributed by atoms with Gasteiger partial charge in [-0.25, -0.2) is 0 Å². The lowest BCUT2D eigenvalue weighted by atomic mass is 9.54. The quantitative estimate of drug-likeness (QED) is 0.618. The Morgan fingerprint density at radius 1 is 1.21 bits per heavy atom. The van der Waals surface area contributed by atoms with E-state index in [0.717, 1.165) is 0 Å². The minimum Gasteiger partial charge on any atom is -0.425 e. The number of hydrogen-bond donors (Lipinski definition) is 0. The Morgan fingerprint density at radius 2 is 1.79 bits per heavy atom. The normalized spacial score (nSPS) is 21.6. The van der Waals surface area contributed by atoms with Crippen LogP contribution in [0.2, 0.25) is 6.32 Å². The summed E-state index contributed by atoms with van der Waals surface area (Å²) >= 11 is 0. The van der Waals surface area contributed by atoms with Gasteiger partial charge in [-0.15, -0.1) is 3.89 Å². The van der Waals surface area contributed by atoms with Crippen molar-refractivity contribution in [1.82, 2.24) is 0 Å². The molecule has 1 aliphatic rings. The van der Waals surface area contributed by atoms with Crippen molar-refractivity contribution in [3.8, 4) is 0 Å². The molecular weight excluding hydrogens is 266 g/mol. The van der Waals surface area contributed by atoms with E-state index in [1.54, 1.807) is 12.1 Å². The van der Waals surface area contributed by atoms with Crippen molar-refractivity contribution >= 4 is 22.6 Å². The number of benzene rings is 1. The van der Waals surface area contributed by atoms with Crippen molar-refractivity contribution in [2.24, 2.45) is 5.41 Å². The zero-order chi connectivity index (χ0) is 14.5. The maximum atomic E-state index is 13.3. The molecule has 3 nitrogen and oxygen atoms in total. The molecule has 0 aromatic heterocycles. The van der Waals surface area contributed by atoms with Gasteiger partial charge in [0.15, 0.2) is 0 Å². The van der Waals surface area contributed by atoms with E-state index in [2.05, 4.69) is 13.8 Å². The monoisotopic (exact) mass is 284 g/mol. The SMILES string of the molecule is CC1(C)CB(c2ccccc2S(=O)(=O)F)OC1(C)C. The first kappa shape index (κ1) is 14.5. The summed E-state index contributed by atoms with van der Waals surface area (Å²) in [6.45, 7) is 7.69. The lowest BCUT2D eigenvalue weighted by molar-refractivity contribution is 0.0375. The number of halogens is 1. The van der Waals surface area contributed by atoms with Crippen molar-refractivity contribution < 1.29 is 17.0 Å². The predicted molar refractivity (Wildman–Crippen MR) is 73.9 cm³/mol. The third kappa shape index (κ3) is 2.56. The van der Waals surface area contributed by atoms with Gasteiger partial charge in [0.25, 0.3) is 0 Å². The summed E-state index contributed by atoms with van der Waals surface area (Å²) in [7, 11) is -4.73. The van der Waals surface area contributed by atoms with Crippen molar-refractivity contribution in [3.05, 3.63) is 24.3 Å². The molecule has 1 aromatic carbocycles. The van der Waals surface area contributed by atoms with E-state index in [1.807, 2.05) is 13.8 Å². The molecule has 1 aromatic rings. The molecule has 0 aliphatic carbocycles. The highest BCUT2D eigenvalue weighted by Crippen LogP contribution is 2.45. The lowest BCUT2D eigenvalue weighted by Gasteiger charge is -2.34. The predicted octanol–water partition coefficient (Wildman–Crippen LogP) is 2.38. The third-order valence-corrected chi connectivity index (χ3v) is 5.19. The van der Waals surface area contributed by atoms with Crippen LogP contribution in [0.1, 0.15) is 27.7 Å². The fraction of sp³-hybridized carbons (Fsp3) is 0.538. The molecule has 0 unspecified atom stereocenters. The molecule has 6 heteroatoms. The highest BCUT2D eigenvalue weighted by atomic mass is 32.3. The highest BCUT2D eigenvalue weighted by Gasteiger charge is 2.50. The van der Waals surface area contributed by atoms with E-state index in [9.17, 15) is 12.3 Å². The Labute approximate surface area is 114 Å². The van der Waals surface area contributed by atoms with Gasteiger partial charge in [0.1, 0.15) is 0 Å². The van der Waals surface area contributed by atoms with Crippen LogP contribution >= 0.6 is 0 Å². The van der Waals surface area contributed by atoms with Crippen molar-refractivity contribution in [2.75, 3.05) is 0 Å². The maximum absolute atomic E-state index is 13.3. The van der Waals surface area contributed by atoms with Crippen molar-refractivity contribution in [3.63, 3.8) is 0 Å². The molecule has 2 rings (SSSR count). The second-order valence-corrected chi connectivity index (χ2v) is 7.50. The first-order valence-electron chi connectivity index (χ1n) is 6.26. The molecule has 1 saturated heterocycles. The van der Waals surface area contributed by atoms with E-state index < -0.39 is 17.1 Å². The van der Waals surface area contributed by atoms with Crippen LogP contribution < -0.4 is 5.46 Å². The second kappa shape index (κ2) is 4.31. The third-order valence-electron chi connectivity index (χ3n) is 4.29. The van der Waals surface area contributed by atoms with E-state index in [0.29, 0.717) is 11.8 Å². The molecule has 0 radical (unpaired) electrons. The Balaban J connectivity index is 2.47. The van der Waals surface area contributed by atoms with Gasteiger partial charge < -0.3 is 4.65 Å². The van der Waals surface area contributed by atoms with Gasteiger partial charge in [-0.2, -0.15) is 8.42 Å². The molecule has 0 amide bonds. The van der Waals surface area contributed by atoms with Crippen LogP contribution in [0.3, 0.4) is 0 Å². The first-order chi connectivity index (χ1) is 8.55. The molecule has 0 atom stereocenters. The first-order valence-corrected chi connectivity index (χ1v) is 7.64. The topological polar surface area (TPSA) is 43.4 Å². The maximum Gasteiger partial charge on any atom is 0.331 e. The van der Waals surface area contributed by atoms with Crippen LogP contribution in [0.25, 0.3) is 0 Å².